The lowest BCUT2D eigenvalue weighted by molar-refractivity contribution is 0.585. The summed E-state index contributed by atoms with van der Waals surface area (Å²) in [4.78, 5) is 0. The monoisotopic (exact) mass is 265 g/mol. The first kappa shape index (κ1) is 13.2. The Balaban J connectivity index is 1.94. The van der Waals surface area contributed by atoms with E-state index in [2.05, 4.69) is 74.6 Å². The van der Waals surface area contributed by atoms with Gasteiger partial charge in [-0.3, -0.25) is 0 Å². The normalized spacial score (nSPS) is 18.2. The number of anilines is 1. The summed E-state index contributed by atoms with van der Waals surface area (Å²) in [6.45, 7) is 7.89. The van der Waals surface area contributed by atoms with Crippen LogP contribution in [0.15, 0.2) is 48.5 Å². The fourth-order valence-corrected chi connectivity index (χ4v) is 3.13. The second-order valence-corrected chi connectivity index (χ2v) is 6.78. The third kappa shape index (κ3) is 2.45. The van der Waals surface area contributed by atoms with Crippen LogP contribution in [0.4, 0.5) is 5.69 Å². The summed E-state index contributed by atoms with van der Waals surface area (Å²) in [5.74, 6) is 0.582. The van der Waals surface area contributed by atoms with E-state index in [0.29, 0.717) is 5.92 Å². The second kappa shape index (κ2) is 4.97. The highest BCUT2D eigenvalue weighted by Crippen LogP contribution is 2.37. The van der Waals surface area contributed by atoms with E-state index in [1.807, 2.05) is 0 Å². The van der Waals surface area contributed by atoms with Crippen molar-refractivity contribution >= 4 is 5.69 Å². The third-order valence-electron chi connectivity index (χ3n) is 4.22. The minimum atomic E-state index is 0.192. The molecule has 0 bridgehead atoms. The van der Waals surface area contributed by atoms with Gasteiger partial charge in [0.05, 0.1) is 0 Å². The van der Waals surface area contributed by atoms with Gasteiger partial charge in [0.1, 0.15) is 0 Å². The summed E-state index contributed by atoms with van der Waals surface area (Å²) in [7, 11) is 0. The maximum atomic E-state index is 3.69. The summed E-state index contributed by atoms with van der Waals surface area (Å²) >= 11 is 0. The van der Waals surface area contributed by atoms with Gasteiger partial charge < -0.3 is 5.32 Å². The smallest absolute Gasteiger partial charge is 0.0411 e. The molecule has 0 fully saturated rings. The van der Waals surface area contributed by atoms with Crippen LogP contribution in [0.2, 0.25) is 0 Å². The Morgan fingerprint density at radius 2 is 1.70 bits per heavy atom. The Morgan fingerprint density at radius 3 is 2.40 bits per heavy atom. The zero-order chi connectivity index (χ0) is 14.2. The quantitative estimate of drug-likeness (QED) is 0.785. The predicted molar refractivity (Wildman–Crippen MR) is 86.5 cm³/mol. The van der Waals surface area contributed by atoms with Crippen LogP contribution in [0.3, 0.4) is 0 Å². The molecule has 0 saturated heterocycles. The molecule has 1 N–H and O–H groups in total. The molecule has 1 unspecified atom stereocenters. The standard InChI is InChI=1S/C19H23N/c1-19(2,3)17-11-7-10-15-12-16(13-20-18(15)17)14-8-5-4-6-9-14/h4-11,16,20H,12-13H2,1-3H3. The van der Waals surface area contributed by atoms with E-state index < -0.39 is 0 Å². The molecule has 1 atom stereocenters. The van der Waals surface area contributed by atoms with E-state index >= 15 is 0 Å². The molecule has 0 amide bonds. The molecule has 1 aliphatic heterocycles. The van der Waals surface area contributed by atoms with E-state index in [-0.39, 0.29) is 5.41 Å². The van der Waals surface area contributed by atoms with Crippen molar-refractivity contribution in [1.82, 2.24) is 0 Å². The summed E-state index contributed by atoms with van der Waals surface area (Å²) in [6, 6.07) is 17.6. The SMILES string of the molecule is CC(C)(C)c1cccc2c1NCC(c1ccccc1)C2. The molecule has 0 spiro atoms. The van der Waals surface area contributed by atoms with E-state index in [1.54, 1.807) is 0 Å². The van der Waals surface area contributed by atoms with Crippen molar-refractivity contribution in [3.8, 4) is 0 Å². The molecule has 20 heavy (non-hydrogen) atoms. The topological polar surface area (TPSA) is 12.0 Å². The molecule has 104 valence electrons. The number of rotatable bonds is 1. The average Bonchev–Trinajstić information content (AvgIpc) is 2.46. The lowest BCUT2D eigenvalue weighted by Gasteiger charge is -2.32. The number of hydrogen-bond acceptors (Lipinski definition) is 1. The van der Waals surface area contributed by atoms with Gasteiger partial charge in [-0.25, -0.2) is 0 Å². The largest absolute Gasteiger partial charge is 0.384 e. The van der Waals surface area contributed by atoms with E-state index in [1.165, 1.54) is 22.4 Å². The summed E-state index contributed by atoms with van der Waals surface area (Å²) < 4.78 is 0. The molecule has 2 aromatic rings. The Labute approximate surface area is 122 Å². The van der Waals surface area contributed by atoms with Crippen LogP contribution in [0, 0.1) is 0 Å². The molecule has 0 radical (unpaired) electrons. The zero-order valence-corrected chi connectivity index (χ0v) is 12.6. The second-order valence-electron chi connectivity index (χ2n) is 6.78. The highest BCUT2D eigenvalue weighted by atomic mass is 14.9. The number of fused-ring (bicyclic) bond motifs is 1. The zero-order valence-electron chi connectivity index (χ0n) is 12.6. The van der Waals surface area contributed by atoms with Gasteiger partial charge in [-0.1, -0.05) is 69.3 Å². The van der Waals surface area contributed by atoms with Gasteiger partial charge in [-0.15, -0.1) is 0 Å². The van der Waals surface area contributed by atoms with Crippen molar-refractivity contribution in [2.45, 2.75) is 38.5 Å². The van der Waals surface area contributed by atoms with Crippen LogP contribution < -0.4 is 5.32 Å². The first-order valence-corrected chi connectivity index (χ1v) is 7.47. The van der Waals surface area contributed by atoms with Crippen LogP contribution >= 0.6 is 0 Å². The van der Waals surface area contributed by atoms with E-state index in [9.17, 15) is 0 Å². The molecule has 2 aromatic carbocycles. The van der Waals surface area contributed by atoms with Crippen LogP contribution in [0.1, 0.15) is 43.4 Å². The molecule has 3 rings (SSSR count). The van der Waals surface area contributed by atoms with Gasteiger partial charge >= 0.3 is 0 Å². The summed E-state index contributed by atoms with van der Waals surface area (Å²) in [6.07, 6.45) is 1.14. The number of para-hydroxylation sites is 1. The minimum absolute atomic E-state index is 0.192. The predicted octanol–water partition coefficient (Wildman–Crippen LogP) is 4.74. The fourth-order valence-electron chi connectivity index (χ4n) is 3.13. The first-order chi connectivity index (χ1) is 9.55. The molecule has 0 aliphatic carbocycles. The number of nitrogens with one attached hydrogen (secondary N) is 1. The lowest BCUT2D eigenvalue weighted by Crippen LogP contribution is -2.25. The van der Waals surface area contributed by atoms with Gasteiger partial charge in [0.15, 0.2) is 0 Å². The molecule has 0 saturated carbocycles. The highest BCUT2D eigenvalue weighted by molar-refractivity contribution is 5.62. The fraction of sp³-hybridized carbons (Fsp3) is 0.368. The molecule has 1 heteroatoms. The molecular formula is C19H23N. The van der Waals surface area contributed by atoms with Crippen molar-refractivity contribution in [3.05, 3.63) is 65.2 Å². The summed E-state index contributed by atoms with van der Waals surface area (Å²) in [5, 5.41) is 3.69. The maximum absolute atomic E-state index is 3.69. The molecule has 1 aliphatic rings. The highest BCUT2D eigenvalue weighted by Gasteiger charge is 2.25. The van der Waals surface area contributed by atoms with Crippen molar-refractivity contribution in [3.63, 3.8) is 0 Å². The number of hydrogen-bond donors (Lipinski definition) is 1. The molecule has 1 heterocycles. The average molecular weight is 265 g/mol. The van der Waals surface area contributed by atoms with Crippen molar-refractivity contribution in [2.75, 3.05) is 11.9 Å². The molecule has 1 nitrogen and oxygen atoms in total. The van der Waals surface area contributed by atoms with Crippen LogP contribution in [0.5, 0.6) is 0 Å². The Hall–Kier alpha value is -1.76. The van der Waals surface area contributed by atoms with Gasteiger partial charge in [-0.2, -0.15) is 0 Å². The lowest BCUT2D eigenvalue weighted by atomic mass is 9.80. The van der Waals surface area contributed by atoms with E-state index in [4.69, 9.17) is 0 Å². The van der Waals surface area contributed by atoms with Gasteiger partial charge in [-0.05, 0) is 28.5 Å². The van der Waals surface area contributed by atoms with Crippen LogP contribution in [0.25, 0.3) is 0 Å². The molecule has 0 aromatic heterocycles. The van der Waals surface area contributed by atoms with Gasteiger partial charge in [0, 0.05) is 18.2 Å². The van der Waals surface area contributed by atoms with Crippen molar-refractivity contribution < 1.29 is 0 Å². The number of benzene rings is 2. The van der Waals surface area contributed by atoms with Crippen LogP contribution in [-0.4, -0.2) is 6.54 Å². The van der Waals surface area contributed by atoms with Crippen molar-refractivity contribution in [2.24, 2.45) is 0 Å². The minimum Gasteiger partial charge on any atom is -0.384 e. The summed E-state index contributed by atoms with van der Waals surface area (Å²) in [5.41, 5.74) is 5.89. The maximum Gasteiger partial charge on any atom is 0.0411 e. The van der Waals surface area contributed by atoms with Gasteiger partial charge in [0.25, 0.3) is 0 Å². The Kier molecular flexibility index (Phi) is 3.29. The first-order valence-electron chi connectivity index (χ1n) is 7.47. The van der Waals surface area contributed by atoms with E-state index in [0.717, 1.165) is 13.0 Å². The Morgan fingerprint density at radius 1 is 0.950 bits per heavy atom. The third-order valence-corrected chi connectivity index (χ3v) is 4.22. The van der Waals surface area contributed by atoms with Crippen LogP contribution in [-0.2, 0) is 11.8 Å². The Bertz CT molecular complexity index is 593. The molecular weight excluding hydrogens is 242 g/mol. The van der Waals surface area contributed by atoms with Gasteiger partial charge in [0.2, 0.25) is 0 Å². The van der Waals surface area contributed by atoms with Crippen molar-refractivity contribution in [1.29, 1.82) is 0 Å².